The number of amides is 1. The quantitative estimate of drug-likeness (QED) is 0.822. The van der Waals surface area contributed by atoms with Gasteiger partial charge in [0.05, 0.1) is 0 Å². The van der Waals surface area contributed by atoms with Gasteiger partial charge in [-0.1, -0.05) is 31.9 Å². The molecule has 24 heavy (non-hydrogen) atoms. The lowest BCUT2D eigenvalue weighted by atomic mass is 9.91. The lowest BCUT2D eigenvalue weighted by Gasteiger charge is -2.24. The number of aromatic nitrogens is 2. The maximum absolute atomic E-state index is 13.4. The van der Waals surface area contributed by atoms with Gasteiger partial charge in [0.2, 0.25) is 0 Å². The van der Waals surface area contributed by atoms with Crippen LogP contribution >= 0.6 is 0 Å². The predicted molar refractivity (Wildman–Crippen MR) is 91.5 cm³/mol. The molecule has 0 aliphatic carbocycles. The highest BCUT2D eigenvalue weighted by molar-refractivity contribution is 5.92. The van der Waals surface area contributed by atoms with Gasteiger partial charge >= 0.3 is 0 Å². The van der Waals surface area contributed by atoms with Crippen LogP contribution in [0.15, 0.2) is 30.5 Å². The first-order valence-electron chi connectivity index (χ1n) is 8.77. The van der Waals surface area contributed by atoms with Gasteiger partial charge in [-0.05, 0) is 30.5 Å². The predicted octanol–water partition coefficient (Wildman–Crippen LogP) is 3.67. The van der Waals surface area contributed by atoms with Crippen LogP contribution in [0.1, 0.15) is 60.4 Å². The second-order valence-electron chi connectivity index (χ2n) is 6.45. The minimum atomic E-state index is -0.198. The Balaban J connectivity index is 1.65. The number of fused-ring (bicyclic) bond motifs is 1. The van der Waals surface area contributed by atoms with Crippen LogP contribution in [0, 0.1) is 5.82 Å². The summed E-state index contributed by atoms with van der Waals surface area (Å²) in [5.74, 6) is 0.913. The van der Waals surface area contributed by atoms with Crippen LogP contribution in [0.2, 0.25) is 0 Å². The molecule has 1 aromatic heterocycles. The first-order chi connectivity index (χ1) is 11.7. The molecule has 0 fully saturated rings. The fourth-order valence-electron chi connectivity index (χ4n) is 3.25. The molecular formula is C19H24FN3O. The average molecular weight is 329 g/mol. The van der Waals surface area contributed by atoms with Crippen LogP contribution < -0.4 is 5.32 Å². The average Bonchev–Trinajstić information content (AvgIpc) is 3.02. The fourth-order valence-corrected chi connectivity index (χ4v) is 3.25. The number of carbonyl (C=O) groups is 1. The van der Waals surface area contributed by atoms with Crippen LogP contribution in [0.25, 0.3) is 0 Å². The highest BCUT2D eigenvalue weighted by atomic mass is 19.1. The number of nitrogens with one attached hydrogen (secondary N) is 1. The van der Waals surface area contributed by atoms with Gasteiger partial charge in [-0.2, -0.15) is 0 Å². The third kappa shape index (κ3) is 3.83. The zero-order chi connectivity index (χ0) is 16.9. The van der Waals surface area contributed by atoms with E-state index in [0.717, 1.165) is 50.0 Å². The molecule has 0 radical (unpaired) electrons. The summed E-state index contributed by atoms with van der Waals surface area (Å²) in [5.41, 5.74) is 1.50. The third-order valence-corrected chi connectivity index (χ3v) is 4.61. The Morgan fingerprint density at radius 2 is 2.29 bits per heavy atom. The van der Waals surface area contributed by atoms with Gasteiger partial charge in [0, 0.05) is 31.6 Å². The summed E-state index contributed by atoms with van der Waals surface area (Å²) in [4.78, 5) is 16.7. The van der Waals surface area contributed by atoms with Crippen molar-refractivity contribution in [2.24, 2.45) is 0 Å². The van der Waals surface area contributed by atoms with Crippen molar-refractivity contribution in [2.45, 2.75) is 51.5 Å². The standard InChI is InChI=1S/C19H24FN3O/c1-2-3-4-10-21-19(24)17-13-23-12-15(8-9-18(23)22-17)14-6-5-7-16(20)11-14/h5-7,11,13,15H,2-4,8-10,12H2,1H3,(H,21,24). The van der Waals surface area contributed by atoms with E-state index in [-0.39, 0.29) is 17.6 Å². The van der Waals surface area contributed by atoms with E-state index >= 15 is 0 Å². The molecule has 5 heteroatoms. The van der Waals surface area contributed by atoms with Crippen molar-refractivity contribution >= 4 is 5.91 Å². The van der Waals surface area contributed by atoms with Crippen LogP contribution in [0.3, 0.4) is 0 Å². The van der Waals surface area contributed by atoms with Crippen LogP contribution in [0.5, 0.6) is 0 Å². The van der Waals surface area contributed by atoms with Gasteiger partial charge in [-0.3, -0.25) is 4.79 Å². The highest BCUT2D eigenvalue weighted by Crippen LogP contribution is 2.29. The zero-order valence-electron chi connectivity index (χ0n) is 14.1. The maximum Gasteiger partial charge on any atom is 0.271 e. The Bertz CT molecular complexity index is 710. The molecule has 4 nitrogen and oxygen atoms in total. The molecule has 2 heterocycles. The maximum atomic E-state index is 13.4. The van der Waals surface area contributed by atoms with Crippen molar-refractivity contribution in [3.8, 4) is 0 Å². The summed E-state index contributed by atoms with van der Waals surface area (Å²) in [6.07, 6.45) is 6.82. The van der Waals surface area contributed by atoms with E-state index in [1.54, 1.807) is 12.1 Å². The molecule has 3 rings (SSSR count). The largest absolute Gasteiger partial charge is 0.351 e. The summed E-state index contributed by atoms with van der Waals surface area (Å²) in [5, 5.41) is 2.93. The number of hydrogen-bond donors (Lipinski definition) is 1. The number of unbranched alkanes of at least 4 members (excludes halogenated alkanes) is 2. The SMILES string of the molecule is CCCCCNC(=O)c1cn2c(n1)CCC(c1cccc(F)c1)C2. The third-order valence-electron chi connectivity index (χ3n) is 4.61. The smallest absolute Gasteiger partial charge is 0.271 e. The van der Waals surface area contributed by atoms with Crippen molar-refractivity contribution in [3.63, 3.8) is 0 Å². The second-order valence-corrected chi connectivity index (χ2v) is 6.45. The molecule has 1 amide bonds. The number of nitrogens with zero attached hydrogens (tertiary/aromatic N) is 2. The van der Waals surface area contributed by atoms with Gasteiger partial charge in [0.1, 0.15) is 17.3 Å². The van der Waals surface area contributed by atoms with Crippen molar-refractivity contribution < 1.29 is 9.18 Å². The number of imidazole rings is 1. The zero-order valence-corrected chi connectivity index (χ0v) is 14.1. The minimum Gasteiger partial charge on any atom is -0.351 e. The van der Waals surface area contributed by atoms with Gasteiger partial charge in [0.25, 0.3) is 5.91 Å². The Morgan fingerprint density at radius 3 is 3.08 bits per heavy atom. The summed E-state index contributed by atoms with van der Waals surface area (Å²) in [7, 11) is 0. The molecule has 0 bridgehead atoms. The van der Waals surface area contributed by atoms with Gasteiger partial charge in [0.15, 0.2) is 0 Å². The molecule has 1 aromatic carbocycles. The molecule has 2 aromatic rings. The molecule has 1 N–H and O–H groups in total. The Hall–Kier alpha value is -2.17. The van der Waals surface area contributed by atoms with E-state index < -0.39 is 0 Å². The Labute approximate surface area is 142 Å². The number of halogens is 1. The molecule has 1 aliphatic rings. The van der Waals surface area contributed by atoms with Gasteiger partial charge < -0.3 is 9.88 Å². The Kier molecular flexibility index (Phi) is 5.28. The van der Waals surface area contributed by atoms with Crippen molar-refractivity contribution in [1.29, 1.82) is 0 Å². The first kappa shape index (κ1) is 16.7. The molecule has 0 saturated heterocycles. The van der Waals surface area contributed by atoms with Crippen molar-refractivity contribution in [2.75, 3.05) is 6.54 Å². The number of hydrogen-bond acceptors (Lipinski definition) is 2. The number of carbonyl (C=O) groups excluding carboxylic acids is 1. The van der Waals surface area contributed by atoms with E-state index in [4.69, 9.17) is 0 Å². The van der Waals surface area contributed by atoms with Gasteiger partial charge in [-0.15, -0.1) is 0 Å². The number of aryl methyl sites for hydroxylation is 1. The van der Waals surface area contributed by atoms with Crippen LogP contribution in [-0.4, -0.2) is 22.0 Å². The lowest BCUT2D eigenvalue weighted by Crippen LogP contribution is -2.24. The second kappa shape index (κ2) is 7.60. The fraction of sp³-hybridized carbons (Fsp3) is 0.474. The minimum absolute atomic E-state index is 0.102. The topological polar surface area (TPSA) is 46.9 Å². The normalized spacial score (nSPS) is 16.7. The van der Waals surface area contributed by atoms with Crippen molar-refractivity contribution in [1.82, 2.24) is 14.9 Å². The summed E-state index contributed by atoms with van der Waals surface area (Å²) in [6.45, 7) is 3.58. The summed E-state index contributed by atoms with van der Waals surface area (Å²) in [6, 6.07) is 6.80. The van der Waals surface area contributed by atoms with Gasteiger partial charge in [-0.25, -0.2) is 9.37 Å². The van der Waals surface area contributed by atoms with E-state index in [1.807, 2.05) is 16.8 Å². The van der Waals surface area contributed by atoms with Crippen LogP contribution in [-0.2, 0) is 13.0 Å². The molecule has 1 unspecified atom stereocenters. The molecule has 0 saturated carbocycles. The summed E-state index contributed by atoms with van der Waals surface area (Å²) >= 11 is 0. The van der Waals surface area contributed by atoms with E-state index in [1.165, 1.54) is 6.07 Å². The number of rotatable bonds is 6. The number of benzene rings is 1. The molecule has 1 aliphatic heterocycles. The highest BCUT2D eigenvalue weighted by Gasteiger charge is 2.23. The molecule has 128 valence electrons. The molecule has 1 atom stereocenters. The molecular weight excluding hydrogens is 305 g/mol. The van der Waals surface area contributed by atoms with E-state index in [2.05, 4.69) is 17.2 Å². The summed E-state index contributed by atoms with van der Waals surface area (Å²) < 4.78 is 15.5. The molecule has 0 spiro atoms. The van der Waals surface area contributed by atoms with Crippen LogP contribution in [0.4, 0.5) is 4.39 Å². The monoisotopic (exact) mass is 329 g/mol. The first-order valence-corrected chi connectivity index (χ1v) is 8.77. The lowest BCUT2D eigenvalue weighted by molar-refractivity contribution is 0.0948. The van der Waals surface area contributed by atoms with E-state index in [0.29, 0.717) is 12.2 Å². The van der Waals surface area contributed by atoms with Crippen molar-refractivity contribution in [3.05, 3.63) is 53.4 Å². The Morgan fingerprint density at radius 1 is 1.42 bits per heavy atom. The van der Waals surface area contributed by atoms with E-state index in [9.17, 15) is 9.18 Å².